The van der Waals surface area contributed by atoms with Crippen molar-refractivity contribution in [1.82, 2.24) is 9.55 Å². The van der Waals surface area contributed by atoms with Gasteiger partial charge in [0.15, 0.2) is 11.5 Å². The van der Waals surface area contributed by atoms with E-state index in [0.29, 0.717) is 30.5 Å². The third-order valence-corrected chi connectivity index (χ3v) is 3.70. The highest BCUT2D eigenvalue weighted by Gasteiger charge is 2.14. The van der Waals surface area contributed by atoms with Crippen LogP contribution in [0.5, 0.6) is 11.5 Å². The standard InChI is InChI=1S/C18H20N2O3/c1-13(21)18-19-14-7-3-4-8-15(14)20(18)11-12-23-17-10-6-5-9-16(17)22-2/h3-10,13,21H,11-12H2,1-2H3/t13-/m0/s1. The fourth-order valence-electron chi connectivity index (χ4n) is 2.63. The summed E-state index contributed by atoms with van der Waals surface area (Å²) >= 11 is 0. The summed E-state index contributed by atoms with van der Waals surface area (Å²) in [5, 5.41) is 9.96. The first-order chi connectivity index (χ1) is 11.2. The lowest BCUT2D eigenvalue weighted by Crippen LogP contribution is -2.13. The summed E-state index contributed by atoms with van der Waals surface area (Å²) in [6.45, 7) is 2.78. The molecule has 1 N–H and O–H groups in total. The van der Waals surface area contributed by atoms with Crippen LogP contribution in [0.15, 0.2) is 48.5 Å². The van der Waals surface area contributed by atoms with Crippen LogP contribution >= 0.6 is 0 Å². The van der Waals surface area contributed by atoms with Crippen molar-refractivity contribution >= 4 is 11.0 Å². The zero-order chi connectivity index (χ0) is 16.2. The first kappa shape index (κ1) is 15.4. The van der Waals surface area contributed by atoms with E-state index in [4.69, 9.17) is 9.47 Å². The van der Waals surface area contributed by atoms with Gasteiger partial charge in [-0.2, -0.15) is 0 Å². The van der Waals surface area contributed by atoms with Gasteiger partial charge in [0.2, 0.25) is 0 Å². The minimum absolute atomic E-state index is 0.459. The molecule has 0 bridgehead atoms. The SMILES string of the molecule is COc1ccccc1OCCn1c([C@H](C)O)nc2ccccc21. The number of benzene rings is 2. The van der Waals surface area contributed by atoms with Crippen molar-refractivity contribution in [1.29, 1.82) is 0 Å². The number of hydrogen-bond acceptors (Lipinski definition) is 4. The highest BCUT2D eigenvalue weighted by Crippen LogP contribution is 2.26. The van der Waals surface area contributed by atoms with Crippen LogP contribution in [0.2, 0.25) is 0 Å². The maximum Gasteiger partial charge on any atom is 0.161 e. The number of imidazole rings is 1. The molecule has 5 nitrogen and oxygen atoms in total. The first-order valence-corrected chi connectivity index (χ1v) is 7.59. The molecular formula is C18H20N2O3. The minimum Gasteiger partial charge on any atom is -0.493 e. The normalized spacial score (nSPS) is 12.3. The van der Waals surface area contributed by atoms with Gasteiger partial charge in [0.05, 0.1) is 24.7 Å². The average molecular weight is 312 g/mol. The molecule has 23 heavy (non-hydrogen) atoms. The van der Waals surface area contributed by atoms with E-state index in [0.717, 1.165) is 11.0 Å². The Bertz CT molecular complexity index is 796. The van der Waals surface area contributed by atoms with Gasteiger partial charge < -0.3 is 19.1 Å². The number of ether oxygens (including phenoxy) is 2. The molecule has 120 valence electrons. The second-order valence-electron chi connectivity index (χ2n) is 5.29. The van der Waals surface area contributed by atoms with Crippen molar-refractivity contribution in [2.24, 2.45) is 0 Å². The predicted molar refractivity (Wildman–Crippen MR) is 88.9 cm³/mol. The van der Waals surface area contributed by atoms with Crippen LogP contribution in [0.25, 0.3) is 11.0 Å². The lowest BCUT2D eigenvalue weighted by Gasteiger charge is -2.13. The maximum absolute atomic E-state index is 9.96. The van der Waals surface area contributed by atoms with E-state index < -0.39 is 6.10 Å². The largest absolute Gasteiger partial charge is 0.493 e. The number of para-hydroxylation sites is 4. The molecule has 0 radical (unpaired) electrons. The molecule has 1 atom stereocenters. The molecule has 3 aromatic rings. The number of methoxy groups -OCH3 is 1. The molecule has 0 amide bonds. The van der Waals surface area contributed by atoms with Crippen LogP contribution in [0.1, 0.15) is 18.9 Å². The molecule has 2 aromatic carbocycles. The van der Waals surface area contributed by atoms with E-state index in [-0.39, 0.29) is 0 Å². The number of nitrogens with zero attached hydrogens (tertiary/aromatic N) is 2. The Morgan fingerprint density at radius 3 is 2.52 bits per heavy atom. The number of aliphatic hydroxyl groups excluding tert-OH is 1. The molecule has 0 aliphatic carbocycles. The molecule has 0 aliphatic rings. The molecule has 1 heterocycles. The fourth-order valence-corrected chi connectivity index (χ4v) is 2.63. The maximum atomic E-state index is 9.96. The van der Waals surface area contributed by atoms with Gasteiger partial charge in [-0.05, 0) is 31.2 Å². The van der Waals surface area contributed by atoms with Crippen molar-refractivity contribution in [2.75, 3.05) is 13.7 Å². The Kier molecular flexibility index (Phi) is 4.48. The lowest BCUT2D eigenvalue weighted by molar-refractivity contribution is 0.181. The van der Waals surface area contributed by atoms with Gasteiger partial charge in [0, 0.05) is 0 Å². The third-order valence-electron chi connectivity index (χ3n) is 3.70. The lowest BCUT2D eigenvalue weighted by atomic mass is 10.3. The van der Waals surface area contributed by atoms with Crippen LogP contribution in [-0.2, 0) is 6.54 Å². The van der Waals surface area contributed by atoms with Gasteiger partial charge in [-0.3, -0.25) is 0 Å². The Morgan fingerprint density at radius 2 is 1.78 bits per heavy atom. The molecule has 0 aliphatic heterocycles. The number of rotatable bonds is 6. The molecule has 3 rings (SSSR count). The van der Waals surface area contributed by atoms with Crippen LogP contribution in [0.3, 0.4) is 0 Å². The second kappa shape index (κ2) is 6.71. The number of fused-ring (bicyclic) bond motifs is 1. The van der Waals surface area contributed by atoms with Crippen molar-refractivity contribution in [3.8, 4) is 11.5 Å². The zero-order valence-electron chi connectivity index (χ0n) is 13.3. The smallest absolute Gasteiger partial charge is 0.161 e. The van der Waals surface area contributed by atoms with Crippen molar-refractivity contribution in [2.45, 2.75) is 19.6 Å². The van der Waals surface area contributed by atoms with Gasteiger partial charge in [-0.1, -0.05) is 24.3 Å². The topological polar surface area (TPSA) is 56.5 Å². The van der Waals surface area contributed by atoms with E-state index >= 15 is 0 Å². The summed E-state index contributed by atoms with van der Waals surface area (Å²) in [7, 11) is 1.62. The molecule has 0 spiro atoms. The van der Waals surface area contributed by atoms with Crippen LogP contribution in [0, 0.1) is 0 Å². The monoisotopic (exact) mass is 312 g/mol. The summed E-state index contributed by atoms with van der Waals surface area (Å²) in [5.74, 6) is 2.06. The van der Waals surface area contributed by atoms with Gasteiger partial charge in [0.25, 0.3) is 0 Å². The van der Waals surface area contributed by atoms with E-state index in [1.54, 1.807) is 14.0 Å². The Labute approximate surface area is 135 Å². The van der Waals surface area contributed by atoms with E-state index in [9.17, 15) is 5.11 Å². The summed E-state index contributed by atoms with van der Waals surface area (Å²) in [4.78, 5) is 4.50. The summed E-state index contributed by atoms with van der Waals surface area (Å²) in [6.07, 6.45) is -0.631. The van der Waals surface area contributed by atoms with Gasteiger partial charge in [-0.25, -0.2) is 4.98 Å². The van der Waals surface area contributed by atoms with E-state index in [1.807, 2.05) is 53.1 Å². The molecule has 0 saturated heterocycles. The zero-order valence-corrected chi connectivity index (χ0v) is 13.3. The number of aromatic nitrogens is 2. The minimum atomic E-state index is -0.631. The highest BCUT2D eigenvalue weighted by atomic mass is 16.5. The Morgan fingerprint density at radius 1 is 1.09 bits per heavy atom. The molecule has 0 unspecified atom stereocenters. The molecule has 0 saturated carbocycles. The Balaban J connectivity index is 1.80. The third kappa shape index (κ3) is 3.14. The molecule has 0 fully saturated rings. The van der Waals surface area contributed by atoms with Crippen LogP contribution < -0.4 is 9.47 Å². The van der Waals surface area contributed by atoms with Crippen molar-refractivity contribution in [3.05, 3.63) is 54.4 Å². The van der Waals surface area contributed by atoms with Crippen LogP contribution in [0.4, 0.5) is 0 Å². The second-order valence-corrected chi connectivity index (χ2v) is 5.29. The molecule has 1 aromatic heterocycles. The van der Waals surface area contributed by atoms with Gasteiger partial charge >= 0.3 is 0 Å². The van der Waals surface area contributed by atoms with Gasteiger partial charge in [-0.15, -0.1) is 0 Å². The predicted octanol–water partition coefficient (Wildman–Crippen LogP) is 3.18. The van der Waals surface area contributed by atoms with E-state index in [1.165, 1.54) is 0 Å². The highest BCUT2D eigenvalue weighted by molar-refractivity contribution is 5.76. The van der Waals surface area contributed by atoms with E-state index in [2.05, 4.69) is 4.98 Å². The summed E-state index contributed by atoms with van der Waals surface area (Å²) < 4.78 is 13.1. The van der Waals surface area contributed by atoms with Gasteiger partial charge in [0.1, 0.15) is 18.5 Å². The quantitative estimate of drug-likeness (QED) is 0.759. The Hall–Kier alpha value is -2.53. The van der Waals surface area contributed by atoms with Crippen LogP contribution in [-0.4, -0.2) is 28.4 Å². The average Bonchev–Trinajstić information content (AvgIpc) is 2.94. The molecule has 5 heteroatoms. The molecular weight excluding hydrogens is 292 g/mol. The van der Waals surface area contributed by atoms with Crippen molar-refractivity contribution < 1.29 is 14.6 Å². The van der Waals surface area contributed by atoms with Crippen molar-refractivity contribution in [3.63, 3.8) is 0 Å². The summed E-state index contributed by atoms with van der Waals surface area (Å²) in [5.41, 5.74) is 1.87. The fraction of sp³-hybridized carbons (Fsp3) is 0.278. The number of hydrogen-bond donors (Lipinski definition) is 1. The summed E-state index contributed by atoms with van der Waals surface area (Å²) in [6, 6.07) is 15.4. The first-order valence-electron chi connectivity index (χ1n) is 7.59. The number of aliphatic hydroxyl groups is 1.